The smallest absolute Gasteiger partial charge is 0.323 e. The van der Waals surface area contributed by atoms with Gasteiger partial charge >= 0.3 is 6.03 Å². The van der Waals surface area contributed by atoms with Gasteiger partial charge in [0.25, 0.3) is 5.91 Å². The number of anilines is 5. The number of rotatable bonds is 6. The summed E-state index contributed by atoms with van der Waals surface area (Å²) >= 11 is 0. The SMILES string of the molecule is COc1cccc(NC(=O)Nc2cccc(Nc3ccc4c(c3)NC(=O)/C4=C\c3ccc[nH]3)c2)c1F. The van der Waals surface area contributed by atoms with Crippen molar-refractivity contribution in [3.8, 4) is 5.75 Å². The molecule has 0 spiro atoms. The summed E-state index contributed by atoms with van der Waals surface area (Å²) in [6, 6.07) is 20.3. The van der Waals surface area contributed by atoms with E-state index in [-0.39, 0.29) is 17.3 Å². The van der Waals surface area contributed by atoms with Gasteiger partial charge < -0.3 is 31.0 Å². The number of nitrogens with one attached hydrogen (secondary N) is 5. The number of hydrogen-bond donors (Lipinski definition) is 5. The number of aromatic amines is 1. The highest BCUT2D eigenvalue weighted by atomic mass is 19.1. The Bertz CT molecular complexity index is 1480. The average Bonchev–Trinajstić information content (AvgIpc) is 3.48. The maximum absolute atomic E-state index is 14.3. The molecule has 5 rings (SSSR count). The van der Waals surface area contributed by atoms with Crippen molar-refractivity contribution >= 4 is 52.0 Å². The molecule has 1 aliphatic heterocycles. The molecule has 0 bridgehead atoms. The van der Waals surface area contributed by atoms with E-state index in [9.17, 15) is 14.0 Å². The number of urea groups is 1. The number of methoxy groups -OCH3 is 1. The summed E-state index contributed by atoms with van der Waals surface area (Å²) in [5.41, 5.74) is 4.94. The largest absolute Gasteiger partial charge is 0.494 e. The Morgan fingerprint density at radius 1 is 0.944 bits per heavy atom. The number of fused-ring (bicyclic) bond motifs is 1. The third kappa shape index (κ3) is 4.76. The normalized spacial score (nSPS) is 13.2. The molecule has 0 fully saturated rings. The molecule has 3 amide bonds. The second-order valence-electron chi connectivity index (χ2n) is 8.00. The van der Waals surface area contributed by atoms with Gasteiger partial charge in [0.05, 0.1) is 24.1 Å². The van der Waals surface area contributed by atoms with Crippen LogP contribution in [0, 0.1) is 5.82 Å². The van der Waals surface area contributed by atoms with Crippen LogP contribution in [0.1, 0.15) is 11.3 Å². The van der Waals surface area contributed by atoms with Crippen LogP contribution >= 0.6 is 0 Å². The molecule has 3 aromatic carbocycles. The van der Waals surface area contributed by atoms with Gasteiger partial charge in [0.2, 0.25) is 0 Å². The quantitative estimate of drug-likeness (QED) is 0.215. The minimum absolute atomic E-state index is 0.00556. The summed E-state index contributed by atoms with van der Waals surface area (Å²) in [4.78, 5) is 28.0. The summed E-state index contributed by atoms with van der Waals surface area (Å²) < 4.78 is 19.2. The van der Waals surface area contributed by atoms with Crippen molar-refractivity contribution in [3.63, 3.8) is 0 Å². The molecule has 0 unspecified atom stereocenters. The van der Waals surface area contributed by atoms with E-state index >= 15 is 0 Å². The summed E-state index contributed by atoms with van der Waals surface area (Å²) in [6.07, 6.45) is 3.61. The first kappa shape index (κ1) is 22.7. The van der Waals surface area contributed by atoms with Gasteiger partial charge in [-0.15, -0.1) is 0 Å². The van der Waals surface area contributed by atoms with E-state index in [1.54, 1.807) is 30.5 Å². The molecule has 0 atom stereocenters. The van der Waals surface area contributed by atoms with E-state index in [0.717, 1.165) is 16.9 Å². The monoisotopic (exact) mass is 483 g/mol. The van der Waals surface area contributed by atoms with Gasteiger partial charge in [-0.05, 0) is 60.7 Å². The van der Waals surface area contributed by atoms with E-state index in [1.165, 1.54) is 19.2 Å². The van der Waals surface area contributed by atoms with Crippen molar-refractivity contribution in [2.24, 2.45) is 0 Å². The molecule has 180 valence electrons. The zero-order valence-electron chi connectivity index (χ0n) is 19.2. The van der Waals surface area contributed by atoms with E-state index in [1.807, 2.05) is 42.5 Å². The zero-order valence-corrected chi connectivity index (χ0v) is 19.2. The molecule has 0 aliphatic carbocycles. The van der Waals surface area contributed by atoms with E-state index in [2.05, 4.69) is 26.3 Å². The number of aromatic nitrogens is 1. The molecular formula is C27H22FN5O3. The summed E-state index contributed by atoms with van der Waals surface area (Å²) in [6.45, 7) is 0. The molecule has 8 nitrogen and oxygen atoms in total. The van der Waals surface area contributed by atoms with E-state index in [4.69, 9.17) is 4.74 Å². The fraction of sp³-hybridized carbons (Fsp3) is 0.0370. The minimum Gasteiger partial charge on any atom is -0.494 e. The van der Waals surface area contributed by atoms with Crippen molar-refractivity contribution in [2.45, 2.75) is 0 Å². The van der Waals surface area contributed by atoms with Crippen LogP contribution in [-0.2, 0) is 4.79 Å². The van der Waals surface area contributed by atoms with Crippen molar-refractivity contribution < 1.29 is 18.7 Å². The Labute approximate surface area is 206 Å². The van der Waals surface area contributed by atoms with Crippen molar-refractivity contribution in [2.75, 3.05) is 28.4 Å². The lowest BCUT2D eigenvalue weighted by Crippen LogP contribution is -2.20. The van der Waals surface area contributed by atoms with Crippen LogP contribution in [0.4, 0.5) is 37.6 Å². The minimum atomic E-state index is -0.653. The van der Waals surface area contributed by atoms with Crippen molar-refractivity contribution in [3.05, 3.63) is 96.1 Å². The van der Waals surface area contributed by atoms with E-state index in [0.29, 0.717) is 22.6 Å². The highest BCUT2D eigenvalue weighted by molar-refractivity contribution is 6.35. The number of hydrogen-bond acceptors (Lipinski definition) is 4. The van der Waals surface area contributed by atoms with Gasteiger partial charge in [-0.3, -0.25) is 4.79 Å². The van der Waals surface area contributed by atoms with E-state index < -0.39 is 11.8 Å². The number of benzene rings is 3. The molecule has 4 aromatic rings. The predicted molar refractivity (Wildman–Crippen MR) is 139 cm³/mol. The number of halogens is 1. The van der Waals surface area contributed by atoms with Gasteiger partial charge in [-0.25, -0.2) is 9.18 Å². The number of amides is 3. The first-order valence-electron chi connectivity index (χ1n) is 11.1. The first-order chi connectivity index (χ1) is 17.5. The summed E-state index contributed by atoms with van der Waals surface area (Å²) in [5, 5.41) is 11.3. The maximum Gasteiger partial charge on any atom is 0.323 e. The molecule has 0 saturated carbocycles. The second-order valence-corrected chi connectivity index (χ2v) is 8.00. The lowest BCUT2D eigenvalue weighted by molar-refractivity contribution is -0.110. The Balaban J connectivity index is 1.28. The highest BCUT2D eigenvalue weighted by Gasteiger charge is 2.24. The third-order valence-electron chi connectivity index (χ3n) is 5.56. The maximum atomic E-state index is 14.3. The Morgan fingerprint density at radius 3 is 2.56 bits per heavy atom. The molecule has 36 heavy (non-hydrogen) atoms. The second kappa shape index (κ2) is 9.67. The average molecular weight is 484 g/mol. The number of carbonyl (C=O) groups excluding carboxylic acids is 2. The van der Waals surface area contributed by atoms with Gasteiger partial charge in [-0.1, -0.05) is 18.2 Å². The van der Waals surface area contributed by atoms with Crippen LogP contribution in [0.15, 0.2) is 79.0 Å². The van der Waals surface area contributed by atoms with Gasteiger partial charge in [0, 0.05) is 34.5 Å². The Morgan fingerprint density at radius 2 is 1.75 bits per heavy atom. The van der Waals surface area contributed by atoms with Crippen LogP contribution in [0.25, 0.3) is 11.6 Å². The third-order valence-corrected chi connectivity index (χ3v) is 5.56. The number of carbonyl (C=O) groups is 2. The fourth-order valence-corrected chi connectivity index (χ4v) is 3.90. The fourth-order valence-electron chi connectivity index (χ4n) is 3.90. The van der Waals surface area contributed by atoms with Gasteiger partial charge in [0.1, 0.15) is 0 Å². The summed E-state index contributed by atoms with van der Waals surface area (Å²) in [5.74, 6) is -0.780. The predicted octanol–water partition coefficient (Wildman–Crippen LogP) is 6.04. The molecule has 1 aliphatic rings. The standard InChI is InChI=1S/C27H22FN5O3/c1-36-24-9-3-8-22(25(24)28)33-27(35)31-18-6-2-5-17(13-18)30-19-10-11-20-21(14-16-7-4-12-29-16)26(34)32-23(20)15-19/h2-15,29-30H,1H3,(H,32,34)(H2,31,33,35)/b21-14-. The van der Waals surface area contributed by atoms with Crippen LogP contribution < -0.4 is 26.0 Å². The molecule has 0 saturated heterocycles. The van der Waals surface area contributed by atoms with Crippen LogP contribution in [0.3, 0.4) is 0 Å². The molecule has 9 heteroatoms. The lowest BCUT2D eigenvalue weighted by Gasteiger charge is -2.12. The van der Waals surface area contributed by atoms with Crippen molar-refractivity contribution in [1.82, 2.24) is 4.98 Å². The van der Waals surface area contributed by atoms with Crippen molar-refractivity contribution in [1.29, 1.82) is 0 Å². The van der Waals surface area contributed by atoms with Gasteiger partial charge in [0.15, 0.2) is 11.6 Å². The molecule has 5 N–H and O–H groups in total. The van der Waals surface area contributed by atoms with Crippen LogP contribution in [0.2, 0.25) is 0 Å². The van der Waals surface area contributed by atoms with Crippen LogP contribution in [0.5, 0.6) is 5.75 Å². The summed E-state index contributed by atoms with van der Waals surface area (Å²) in [7, 11) is 1.36. The zero-order chi connectivity index (χ0) is 25.1. The highest BCUT2D eigenvalue weighted by Crippen LogP contribution is 2.35. The first-order valence-corrected chi connectivity index (χ1v) is 11.1. The Kier molecular flexibility index (Phi) is 6.10. The molecule has 1 aromatic heterocycles. The molecule has 2 heterocycles. The molecular weight excluding hydrogens is 461 g/mol. The van der Waals surface area contributed by atoms with Gasteiger partial charge in [-0.2, -0.15) is 0 Å². The van der Waals surface area contributed by atoms with Crippen LogP contribution in [-0.4, -0.2) is 24.0 Å². The lowest BCUT2D eigenvalue weighted by atomic mass is 10.1. The topological polar surface area (TPSA) is 107 Å². The number of H-pyrrole nitrogens is 1. The number of ether oxygens (including phenoxy) is 1. The Hall–Kier alpha value is -5.05. The molecule has 0 radical (unpaired) electrons.